The molecule has 0 saturated heterocycles. The zero-order valence-corrected chi connectivity index (χ0v) is 16.1. The fraction of sp³-hybridized carbons (Fsp3) is 0.421. The van der Waals surface area contributed by atoms with Crippen LogP contribution in [0.2, 0.25) is 0 Å². The van der Waals surface area contributed by atoms with E-state index >= 15 is 0 Å². The molecule has 2 aromatic heterocycles. The maximum atomic E-state index is 12.5. The van der Waals surface area contributed by atoms with E-state index in [2.05, 4.69) is 5.32 Å². The Bertz CT molecular complexity index is 916. The van der Waals surface area contributed by atoms with Crippen molar-refractivity contribution in [3.05, 3.63) is 44.7 Å². The number of nitrogens with one attached hydrogen (secondary N) is 1. The van der Waals surface area contributed by atoms with Gasteiger partial charge < -0.3 is 20.4 Å². The largest absolute Gasteiger partial charge is 0.488 e. The third-order valence-corrected chi connectivity index (χ3v) is 5.64. The van der Waals surface area contributed by atoms with Gasteiger partial charge in [0, 0.05) is 11.1 Å². The Labute approximate surface area is 161 Å². The number of pyridine rings is 1. The van der Waals surface area contributed by atoms with Gasteiger partial charge in [-0.2, -0.15) is 0 Å². The van der Waals surface area contributed by atoms with E-state index in [1.807, 2.05) is 6.92 Å². The van der Waals surface area contributed by atoms with Crippen molar-refractivity contribution in [1.82, 2.24) is 4.57 Å². The molecule has 0 spiro atoms. The normalized spacial score (nSPS) is 13.1. The molecule has 1 aliphatic carbocycles. The number of rotatable bonds is 7. The molecule has 3 N–H and O–H groups in total. The molecule has 2 aromatic rings. The first-order chi connectivity index (χ1) is 13.0. The second-order valence-corrected chi connectivity index (χ2v) is 7.59. The molecule has 0 atom stereocenters. The number of nitrogens with two attached hydrogens (primary N) is 1. The van der Waals surface area contributed by atoms with E-state index in [1.165, 1.54) is 22.1 Å². The molecule has 2 amide bonds. The summed E-state index contributed by atoms with van der Waals surface area (Å²) in [7, 11) is 0. The van der Waals surface area contributed by atoms with Crippen LogP contribution in [0.1, 0.15) is 47.0 Å². The van der Waals surface area contributed by atoms with Gasteiger partial charge in [0.1, 0.15) is 11.5 Å². The van der Waals surface area contributed by atoms with Crippen LogP contribution in [0, 0.1) is 0 Å². The lowest BCUT2D eigenvalue weighted by atomic mass is 9.95. The predicted octanol–water partition coefficient (Wildman–Crippen LogP) is 2.32. The summed E-state index contributed by atoms with van der Waals surface area (Å²) in [6.07, 6.45) is 6.10. The second-order valence-electron chi connectivity index (χ2n) is 6.48. The number of carbonyl (C=O) groups excluding carboxylic acids is 2. The standard InChI is InChI=1S/C19H23N3O4S/c1-2-10-26-13-7-5-9-22(19(13)25)11-15(23)21-18-16(17(20)24)12-6-3-4-8-14(12)27-18/h5,7,9H,2-4,6,8,10-11H2,1H3,(H2,20,24)(H,21,23). The Kier molecular flexibility index (Phi) is 5.95. The van der Waals surface area contributed by atoms with Crippen molar-refractivity contribution in [3.8, 4) is 5.75 Å². The highest BCUT2D eigenvalue weighted by molar-refractivity contribution is 7.17. The van der Waals surface area contributed by atoms with Crippen molar-refractivity contribution in [3.63, 3.8) is 0 Å². The quantitative estimate of drug-likeness (QED) is 0.758. The number of fused-ring (bicyclic) bond motifs is 1. The molecule has 0 radical (unpaired) electrons. The molecule has 0 bridgehead atoms. The smallest absolute Gasteiger partial charge is 0.293 e. The van der Waals surface area contributed by atoms with Gasteiger partial charge in [-0.3, -0.25) is 14.4 Å². The average molecular weight is 389 g/mol. The van der Waals surface area contributed by atoms with Crippen LogP contribution in [0.5, 0.6) is 5.75 Å². The van der Waals surface area contributed by atoms with Crippen molar-refractivity contribution >= 4 is 28.2 Å². The minimum atomic E-state index is -0.531. The van der Waals surface area contributed by atoms with Gasteiger partial charge in [0.2, 0.25) is 5.91 Å². The number of aromatic nitrogens is 1. The van der Waals surface area contributed by atoms with Crippen molar-refractivity contribution in [2.45, 2.75) is 45.6 Å². The Morgan fingerprint density at radius 2 is 2.11 bits per heavy atom. The summed E-state index contributed by atoms with van der Waals surface area (Å²) < 4.78 is 6.70. The van der Waals surface area contributed by atoms with Crippen LogP contribution < -0.4 is 21.3 Å². The molecule has 0 aromatic carbocycles. The Morgan fingerprint density at radius 1 is 1.33 bits per heavy atom. The Morgan fingerprint density at radius 3 is 2.85 bits per heavy atom. The van der Waals surface area contributed by atoms with Gasteiger partial charge in [-0.15, -0.1) is 11.3 Å². The highest BCUT2D eigenvalue weighted by Crippen LogP contribution is 2.37. The lowest BCUT2D eigenvalue weighted by molar-refractivity contribution is -0.116. The van der Waals surface area contributed by atoms with Crippen LogP contribution >= 0.6 is 11.3 Å². The first-order valence-corrected chi connectivity index (χ1v) is 9.89. The summed E-state index contributed by atoms with van der Waals surface area (Å²) in [6.45, 7) is 2.23. The number of hydrogen-bond donors (Lipinski definition) is 2. The average Bonchev–Trinajstić information content (AvgIpc) is 3.00. The van der Waals surface area contributed by atoms with Crippen molar-refractivity contribution in [1.29, 1.82) is 0 Å². The highest BCUT2D eigenvalue weighted by atomic mass is 32.1. The molecule has 0 fully saturated rings. The van der Waals surface area contributed by atoms with E-state index in [0.29, 0.717) is 17.2 Å². The Hall–Kier alpha value is -2.61. The predicted molar refractivity (Wildman–Crippen MR) is 105 cm³/mol. The third kappa shape index (κ3) is 4.21. The number of primary amides is 1. The maximum Gasteiger partial charge on any atom is 0.293 e. The number of carbonyl (C=O) groups is 2. The van der Waals surface area contributed by atoms with Crippen LogP contribution in [0.4, 0.5) is 5.00 Å². The van der Waals surface area contributed by atoms with E-state index in [0.717, 1.165) is 42.5 Å². The topological polar surface area (TPSA) is 103 Å². The van der Waals surface area contributed by atoms with E-state index in [-0.39, 0.29) is 23.8 Å². The molecule has 0 aliphatic heterocycles. The van der Waals surface area contributed by atoms with Crippen LogP contribution in [-0.2, 0) is 24.2 Å². The number of aryl methyl sites for hydroxylation is 1. The molecule has 0 saturated carbocycles. The van der Waals surface area contributed by atoms with Gasteiger partial charge >= 0.3 is 0 Å². The van der Waals surface area contributed by atoms with Gasteiger partial charge in [-0.1, -0.05) is 6.92 Å². The number of nitrogens with zero attached hydrogens (tertiary/aromatic N) is 1. The number of thiophene rings is 1. The number of ether oxygens (including phenoxy) is 1. The summed E-state index contributed by atoms with van der Waals surface area (Å²) in [5.74, 6) is -0.695. The lowest BCUT2D eigenvalue weighted by Gasteiger charge is -2.11. The minimum Gasteiger partial charge on any atom is -0.488 e. The molecule has 3 rings (SSSR count). The highest BCUT2D eigenvalue weighted by Gasteiger charge is 2.25. The van der Waals surface area contributed by atoms with Gasteiger partial charge in [-0.25, -0.2) is 0 Å². The fourth-order valence-corrected chi connectivity index (χ4v) is 4.51. The number of amides is 2. The molecule has 1 aliphatic rings. The summed E-state index contributed by atoms with van der Waals surface area (Å²) in [5.41, 5.74) is 6.56. The lowest BCUT2D eigenvalue weighted by Crippen LogP contribution is -2.28. The van der Waals surface area contributed by atoms with Gasteiger partial charge in [0.05, 0.1) is 12.2 Å². The van der Waals surface area contributed by atoms with Crippen LogP contribution in [0.3, 0.4) is 0 Å². The molecule has 27 heavy (non-hydrogen) atoms. The SMILES string of the molecule is CCCOc1cccn(CC(=O)Nc2sc3c(c2C(N)=O)CCCC3)c1=O. The molecule has 8 heteroatoms. The van der Waals surface area contributed by atoms with E-state index < -0.39 is 5.91 Å². The minimum absolute atomic E-state index is 0.164. The summed E-state index contributed by atoms with van der Waals surface area (Å²) in [6, 6.07) is 3.25. The molecular formula is C19H23N3O4S. The zero-order chi connectivity index (χ0) is 19.4. The first kappa shape index (κ1) is 19.2. The van der Waals surface area contributed by atoms with Crippen molar-refractivity contribution in [2.75, 3.05) is 11.9 Å². The second kappa shape index (κ2) is 8.39. The molecular weight excluding hydrogens is 366 g/mol. The van der Waals surface area contributed by atoms with Gasteiger partial charge in [0.15, 0.2) is 5.75 Å². The molecule has 144 valence electrons. The fourth-order valence-electron chi connectivity index (χ4n) is 3.20. The molecule has 0 unspecified atom stereocenters. The van der Waals surface area contributed by atoms with Crippen molar-refractivity contribution < 1.29 is 14.3 Å². The van der Waals surface area contributed by atoms with Crippen LogP contribution in [0.15, 0.2) is 23.1 Å². The third-order valence-electron chi connectivity index (χ3n) is 4.43. The van der Waals surface area contributed by atoms with Crippen LogP contribution in [0.25, 0.3) is 0 Å². The number of anilines is 1. The van der Waals surface area contributed by atoms with E-state index in [1.54, 1.807) is 12.1 Å². The monoisotopic (exact) mass is 389 g/mol. The summed E-state index contributed by atoms with van der Waals surface area (Å²) in [5, 5.41) is 3.24. The van der Waals surface area contributed by atoms with Gasteiger partial charge in [0.25, 0.3) is 11.5 Å². The molecule has 2 heterocycles. The Balaban J connectivity index is 1.78. The summed E-state index contributed by atoms with van der Waals surface area (Å²) in [4.78, 5) is 37.9. The van der Waals surface area contributed by atoms with Crippen LogP contribution in [-0.4, -0.2) is 23.0 Å². The van der Waals surface area contributed by atoms with Crippen molar-refractivity contribution in [2.24, 2.45) is 5.73 Å². The van der Waals surface area contributed by atoms with E-state index in [4.69, 9.17) is 10.5 Å². The molecule has 7 nitrogen and oxygen atoms in total. The van der Waals surface area contributed by atoms with E-state index in [9.17, 15) is 14.4 Å². The van der Waals surface area contributed by atoms with Gasteiger partial charge in [-0.05, 0) is 49.8 Å². The number of hydrogen-bond acceptors (Lipinski definition) is 5. The zero-order valence-electron chi connectivity index (χ0n) is 15.2. The maximum absolute atomic E-state index is 12.5. The first-order valence-electron chi connectivity index (χ1n) is 9.07. The summed E-state index contributed by atoms with van der Waals surface area (Å²) >= 11 is 1.40.